The van der Waals surface area contributed by atoms with E-state index in [1.807, 2.05) is 54.3 Å². The molecule has 2 aromatic heterocycles. The molecular formula is C18H18N4O3. The summed E-state index contributed by atoms with van der Waals surface area (Å²) in [5.74, 6) is 1.95. The van der Waals surface area contributed by atoms with E-state index in [2.05, 4.69) is 10.4 Å². The van der Waals surface area contributed by atoms with Crippen molar-refractivity contribution in [3.05, 3.63) is 60.0 Å². The Bertz CT molecular complexity index is 899. The highest BCUT2D eigenvalue weighted by Crippen LogP contribution is 2.33. The van der Waals surface area contributed by atoms with Crippen molar-refractivity contribution >= 4 is 5.91 Å². The molecule has 0 radical (unpaired) electrons. The lowest BCUT2D eigenvalue weighted by Gasteiger charge is -2.21. The largest absolute Gasteiger partial charge is 0.486 e. The van der Waals surface area contributed by atoms with Crippen LogP contribution in [0.5, 0.6) is 11.5 Å². The molecule has 0 bridgehead atoms. The van der Waals surface area contributed by atoms with Crippen LogP contribution in [-0.2, 0) is 13.6 Å². The van der Waals surface area contributed by atoms with Crippen LogP contribution in [0, 0.1) is 0 Å². The summed E-state index contributed by atoms with van der Waals surface area (Å²) in [5.41, 5.74) is 1.40. The quantitative estimate of drug-likeness (QED) is 0.789. The number of rotatable bonds is 4. The molecule has 1 aliphatic heterocycles. The number of nitrogens with one attached hydrogen (secondary N) is 1. The van der Waals surface area contributed by atoms with Crippen molar-refractivity contribution in [1.82, 2.24) is 19.7 Å². The number of aryl methyl sites for hydroxylation is 1. The SMILES string of the molecule is Cn1ncc(C(=O)NCc2cccc3c2OCCO3)c1-n1cccc1. The molecule has 0 unspecified atom stereocenters. The zero-order valence-corrected chi connectivity index (χ0v) is 13.8. The van der Waals surface area contributed by atoms with Crippen molar-refractivity contribution in [2.45, 2.75) is 6.54 Å². The van der Waals surface area contributed by atoms with Crippen molar-refractivity contribution in [3.8, 4) is 17.3 Å². The lowest BCUT2D eigenvalue weighted by atomic mass is 10.1. The van der Waals surface area contributed by atoms with Crippen molar-refractivity contribution < 1.29 is 14.3 Å². The maximum Gasteiger partial charge on any atom is 0.256 e. The average molecular weight is 338 g/mol. The molecule has 1 N–H and O–H groups in total. The van der Waals surface area contributed by atoms with E-state index in [1.165, 1.54) is 0 Å². The van der Waals surface area contributed by atoms with Gasteiger partial charge in [0.2, 0.25) is 0 Å². The van der Waals surface area contributed by atoms with E-state index in [0.717, 1.165) is 11.4 Å². The van der Waals surface area contributed by atoms with Crippen LogP contribution in [0.15, 0.2) is 48.9 Å². The molecule has 7 heteroatoms. The second kappa shape index (κ2) is 6.35. The number of aromatic nitrogens is 3. The molecule has 1 amide bonds. The monoisotopic (exact) mass is 338 g/mol. The molecule has 0 saturated heterocycles. The van der Waals surface area contributed by atoms with E-state index in [0.29, 0.717) is 36.8 Å². The number of ether oxygens (including phenoxy) is 2. The van der Waals surface area contributed by atoms with Crippen LogP contribution in [0.2, 0.25) is 0 Å². The first kappa shape index (κ1) is 15.3. The summed E-state index contributed by atoms with van der Waals surface area (Å²) in [7, 11) is 1.81. The first-order valence-electron chi connectivity index (χ1n) is 8.05. The average Bonchev–Trinajstić information content (AvgIpc) is 3.29. The molecule has 0 fully saturated rings. The van der Waals surface area contributed by atoms with Crippen LogP contribution in [0.3, 0.4) is 0 Å². The van der Waals surface area contributed by atoms with Gasteiger partial charge in [0.15, 0.2) is 11.5 Å². The Morgan fingerprint density at radius 2 is 2.00 bits per heavy atom. The fourth-order valence-corrected chi connectivity index (χ4v) is 2.92. The van der Waals surface area contributed by atoms with Gasteiger partial charge in [0, 0.05) is 31.5 Å². The smallest absolute Gasteiger partial charge is 0.256 e. The zero-order chi connectivity index (χ0) is 17.2. The van der Waals surface area contributed by atoms with E-state index in [9.17, 15) is 4.79 Å². The van der Waals surface area contributed by atoms with Gasteiger partial charge < -0.3 is 19.4 Å². The molecule has 0 saturated carbocycles. The molecule has 25 heavy (non-hydrogen) atoms. The fraction of sp³-hybridized carbons (Fsp3) is 0.222. The third-order valence-electron chi connectivity index (χ3n) is 4.09. The summed E-state index contributed by atoms with van der Waals surface area (Å²) >= 11 is 0. The number of carbonyl (C=O) groups is 1. The molecule has 3 aromatic rings. The summed E-state index contributed by atoms with van der Waals surface area (Å²) in [6, 6.07) is 9.49. The Balaban J connectivity index is 1.55. The molecule has 1 aromatic carbocycles. The molecule has 128 valence electrons. The van der Waals surface area contributed by atoms with E-state index >= 15 is 0 Å². The van der Waals surface area contributed by atoms with Crippen LogP contribution in [0.25, 0.3) is 5.82 Å². The van der Waals surface area contributed by atoms with Crippen molar-refractivity contribution in [2.75, 3.05) is 13.2 Å². The number of hydrogen-bond donors (Lipinski definition) is 1. The number of para-hydroxylation sites is 1. The van der Waals surface area contributed by atoms with E-state index in [1.54, 1.807) is 10.9 Å². The second-order valence-corrected chi connectivity index (χ2v) is 5.72. The summed E-state index contributed by atoms with van der Waals surface area (Å²) in [4.78, 5) is 12.7. The van der Waals surface area contributed by atoms with Crippen LogP contribution in [-0.4, -0.2) is 33.5 Å². The fourth-order valence-electron chi connectivity index (χ4n) is 2.92. The molecular weight excluding hydrogens is 320 g/mol. The normalized spacial score (nSPS) is 12.8. The highest BCUT2D eigenvalue weighted by molar-refractivity contribution is 5.97. The van der Waals surface area contributed by atoms with Gasteiger partial charge in [-0.2, -0.15) is 5.10 Å². The van der Waals surface area contributed by atoms with Crippen molar-refractivity contribution in [1.29, 1.82) is 0 Å². The minimum absolute atomic E-state index is 0.189. The standard InChI is InChI=1S/C18H18N4O3/c1-21-18(22-7-2-3-8-22)14(12-20-21)17(23)19-11-13-5-4-6-15-16(13)25-10-9-24-15/h2-8,12H,9-11H2,1H3,(H,19,23). The Morgan fingerprint density at radius 3 is 2.84 bits per heavy atom. The van der Waals surface area contributed by atoms with Gasteiger partial charge in [-0.25, -0.2) is 0 Å². The Morgan fingerprint density at radius 1 is 1.20 bits per heavy atom. The highest BCUT2D eigenvalue weighted by atomic mass is 16.6. The molecule has 0 aliphatic carbocycles. The van der Waals surface area contributed by atoms with Crippen molar-refractivity contribution in [2.24, 2.45) is 7.05 Å². The predicted molar refractivity (Wildman–Crippen MR) is 91.1 cm³/mol. The maximum absolute atomic E-state index is 12.7. The van der Waals surface area contributed by atoms with Crippen molar-refractivity contribution in [3.63, 3.8) is 0 Å². The number of carbonyl (C=O) groups excluding carboxylic acids is 1. The molecule has 4 rings (SSSR count). The summed E-state index contributed by atoms with van der Waals surface area (Å²) < 4.78 is 14.8. The van der Waals surface area contributed by atoms with E-state index in [-0.39, 0.29) is 5.91 Å². The summed E-state index contributed by atoms with van der Waals surface area (Å²) in [5, 5.41) is 7.15. The highest BCUT2D eigenvalue weighted by Gasteiger charge is 2.19. The first-order valence-corrected chi connectivity index (χ1v) is 8.05. The third-order valence-corrected chi connectivity index (χ3v) is 4.09. The minimum Gasteiger partial charge on any atom is -0.486 e. The number of benzene rings is 1. The molecule has 3 heterocycles. The topological polar surface area (TPSA) is 70.3 Å². The number of amides is 1. The van der Waals surface area contributed by atoms with Crippen LogP contribution in [0.1, 0.15) is 15.9 Å². The van der Waals surface area contributed by atoms with Gasteiger partial charge >= 0.3 is 0 Å². The number of hydrogen-bond acceptors (Lipinski definition) is 4. The van der Waals surface area contributed by atoms with Crippen LogP contribution >= 0.6 is 0 Å². The van der Waals surface area contributed by atoms with Gasteiger partial charge in [-0.1, -0.05) is 12.1 Å². The van der Waals surface area contributed by atoms with Gasteiger partial charge in [0.1, 0.15) is 24.6 Å². The number of fused-ring (bicyclic) bond motifs is 1. The van der Waals surface area contributed by atoms with E-state index in [4.69, 9.17) is 9.47 Å². The number of nitrogens with zero attached hydrogens (tertiary/aromatic N) is 3. The zero-order valence-electron chi connectivity index (χ0n) is 13.8. The van der Waals surface area contributed by atoms with E-state index < -0.39 is 0 Å². The first-order chi connectivity index (χ1) is 12.2. The molecule has 0 atom stereocenters. The predicted octanol–water partition coefficient (Wildman–Crippen LogP) is 1.91. The van der Waals surface area contributed by atoms with Gasteiger partial charge in [-0.3, -0.25) is 9.48 Å². The second-order valence-electron chi connectivity index (χ2n) is 5.72. The van der Waals surface area contributed by atoms with Gasteiger partial charge in [0.05, 0.1) is 6.20 Å². The molecule has 1 aliphatic rings. The third kappa shape index (κ3) is 2.84. The van der Waals surface area contributed by atoms with Gasteiger partial charge in [-0.15, -0.1) is 0 Å². The lowest BCUT2D eigenvalue weighted by Crippen LogP contribution is -2.25. The maximum atomic E-state index is 12.7. The summed E-state index contributed by atoms with van der Waals surface area (Å²) in [6.07, 6.45) is 5.34. The van der Waals surface area contributed by atoms with Gasteiger partial charge in [0.25, 0.3) is 5.91 Å². The van der Waals surface area contributed by atoms with Gasteiger partial charge in [-0.05, 0) is 18.2 Å². The Labute approximate surface area is 144 Å². The van der Waals surface area contributed by atoms with Crippen LogP contribution < -0.4 is 14.8 Å². The Hall–Kier alpha value is -3.22. The Kier molecular flexibility index (Phi) is 3.89. The summed E-state index contributed by atoms with van der Waals surface area (Å²) in [6.45, 7) is 1.41. The molecule has 0 spiro atoms. The molecule has 7 nitrogen and oxygen atoms in total. The lowest BCUT2D eigenvalue weighted by molar-refractivity contribution is 0.0950. The minimum atomic E-state index is -0.189. The van der Waals surface area contributed by atoms with Crippen LogP contribution in [0.4, 0.5) is 0 Å².